The number of aromatic amines is 1. The molecule has 0 aliphatic carbocycles. The molecule has 0 radical (unpaired) electrons. The second-order valence-corrected chi connectivity index (χ2v) is 3.33. The molecular weight excluding hydrogens is 220 g/mol. The van der Waals surface area contributed by atoms with Crippen LogP contribution in [0.15, 0.2) is 30.7 Å². The highest BCUT2D eigenvalue weighted by molar-refractivity contribution is 5.98. The van der Waals surface area contributed by atoms with Crippen LogP contribution in [0.5, 0.6) is 0 Å². The zero-order valence-corrected chi connectivity index (χ0v) is 8.97. The van der Waals surface area contributed by atoms with Crippen molar-refractivity contribution in [2.45, 2.75) is 6.54 Å². The van der Waals surface area contributed by atoms with Gasteiger partial charge in [-0.15, -0.1) is 0 Å². The van der Waals surface area contributed by atoms with E-state index in [4.69, 9.17) is 5.84 Å². The highest BCUT2D eigenvalue weighted by atomic mass is 16.1. The summed E-state index contributed by atoms with van der Waals surface area (Å²) in [5.74, 6) is 5.37. The van der Waals surface area contributed by atoms with Gasteiger partial charge in [-0.3, -0.25) is 9.89 Å². The number of nitrogen functional groups attached to an aromatic ring is 1. The molecule has 0 saturated carbocycles. The first-order valence-corrected chi connectivity index (χ1v) is 4.98. The number of rotatable bonds is 4. The smallest absolute Gasteiger partial charge is 0.255 e. The lowest BCUT2D eigenvalue weighted by Crippen LogP contribution is -2.25. The first kappa shape index (κ1) is 11.1. The number of carbonyl (C=O) groups is 1. The van der Waals surface area contributed by atoms with Crippen LogP contribution in [0, 0.1) is 0 Å². The molecule has 2 rings (SSSR count). The summed E-state index contributed by atoms with van der Waals surface area (Å²) < 4.78 is 0. The lowest BCUT2D eigenvalue weighted by atomic mass is 10.2. The number of carbonyl (C=O) groups excluding carboxylic acids is 1. The molecule has 0 bridgehead atoms. The maximum absolute atomic E-state index is 11.8. The van der Waals surface area contributed by atoms with E-state index in [1.807, 2.05) is 0 Å². The number of nitrogens with two attached hydrogens (primary N) is 1. The number of hydrogen-bond acceptors (Lipinski definition) is 5. The van der Waals surface area contributed by atoms with Gasteiger partial charge in [0.15, 0.2) is 5.82 Å². The maximum atomic E-state index is 11.8. The molecule has 0 fully saturated rings. The number of hydrogen-bond donors (Lipinski definition) is 4. The molecule has 2 aromatic rings. The van der Waals surface area contributed by atoms with E-state index in [0.717, 1.165) is 5.56 Å². The van der Waals surface area contributed by atoms with Gasteiger partial charge in [-0.25, -0.2) is 10.8 Å². The summed E-state index contributed by atoms with van der Waals surface area (Å²) in [7, 11) is 0. The fraction of sp³-hybridized carbons (Fsp3) is 0.100. The molecule has 17 heavy (non-hydrogen) atoms. The van der Waals surface area contributed by atoms with E-state index in [1.165, 1.54) is 0 Å². The predicted molar refractivity (Wildman–Crippen MR) is 61.8 cm³/mol. The molecule has 0 aliphatic heterocycles. The second kappa shape index (κ2) is 5.08. The van der Waals surface area contributed by atoms with Gasteiger partial charge in [0.1, 0.15) is 0 Å². The van der Waals surface area contributed by atoms with Gasteiger partial charge in [0, 0.05) is 24.5 Å². The quantitative estimate of drug-likeness (QED) is 0.439. The number of H-pyrrole nitrogens is 1. The Morgan fingerprint density at radius 2 is 2.41 bits per heavy atom. The number of nitrogens with zero attached hydrogens (tertiary/aromatic N) is 2. The van der Waals surface area contributed by atoms with E-state index in [0.29, 0.717) is 17.9 Å². The lowest BCUT2D eigenvalue weighted by molar-refractivity contribution is 0.0951. The fourth-order valence-electron chi connectivity index (χ4n) is 1.36. The zero-order valence-electron chi connectivity index (χ0n) is 8.97. The third kappa shape index (κ3) is 2.58. The van der Waals surface area contributed by atoms with Crippen LogP contribution in [0.2, 0.25) is 0 Å². The summed E-state index contributed by atoms with van der Waals surface area (Å²) in [4.78, 5) is 15.8. The number of aromatic nitrogens is 3. The van der Waals surface area contributed by atoms with Gasteiger partial charge in [0.05, 0.1) is 11.8 Å². The van der Waals surface area contributed by atoms with Crippen molar-refractivity contribution in [2.24, 2.45) is 5.84 Å². The summed E-state index contributed by atoms with van der Waals surface area (Å²) in [6.07, 6.45) is 4.92. The SMILES string of the molecule is NNc1ncccc1C(=O)NCc1cn[nH]c1. The average Bonchev–Trinajstić information content (AvgIpc) is 2.89. The maximum Gasteiger partial charge on any atom is 0.255 e. The van der Waals surface area contributed by atoms with Gasteiger partial charge in [-0.2, -0.15) is 5.10 Å². The zero-order chi connectivity index (χ0) is 12.1. The monoisotopic (exact) mass is 232 g/mol. The summed E-state index contributed by atoms with van der Waals surface area (Å²) >= 11 is 0. The molecule has 2 aromatic heterocycles. The van der Waals surface area contributed by atoms with E-state index in [2.05, 4.69) is 25.9 Å². The fourth-order valence-corrected chi connectivity index (χ4v) is 1.36. The minimum absolute atomic E-state index is 0.243. The van der Waals surface area contributed by atoms with Crippen molar-refractivity contribution in [3.8, 4) is 0 Å². The van der Waals surface area contributed by atoms with Crippen molar-refractivity contribution < 1.29 is 4.79 Å². The van der Waals surface area contributed by atoms with Crippen molar-refractivity contribution in [2.75, 3.05) is 5.43 Å². The van der Waals surface area contributed by atoms with Gasteiger partial charge < -0.3 is 10.7 Å². The van der Waals surface area contributed by atoms with Crippen LogP contribution in [-0.2, 0) is 6.54 Å². The summed E-state index contributed by atoms with van der Waals surface area (Å²) in [6.45, 7) is 0.397. The van der Waals surface area contributed by atoms with Crippen molar-refractivity contribution in [1.29, 1.82) is 0 Å². The summed E-state index contributed by atoms with van der Waals surface area (Å²) in [5, 5.41) is 9.20. The largest absolute Gasteiger partial charge is 0.348 e. The minimum Gasteiger partial charge on any atom is -0.348 e. The van der Waals surface area contributed by atoms with E-state index in [1.54, 1.807) is 30.7 Å². The normalized spacial score (nSPS) is 9.94. The topological polar surface area (TPSA) is 109 Å². The molecule has 88 valence electrons. The third-order valence-corrected chi connectivity index (χ3v) is 2.20. The number of pyridine rings is 1. The molecule has 0 spiro atoms. The molecule has 7 nitrogen and oxygen atoms in total. The Morgan fingerprint density at radius 1 is 1.53 bits per heavy atom. The first-order chi connectivity index (χ1) is 8.31. The standard InChI is InChI=1S/C10H12N6O/c11-16-9-8(2-1-3-12-9)10(17)13-4-7-5-14-15-6-7/h1-3,5-6H,4,11H2,(H,12,16)(H,13,17)(H,14,15). The molecular formula is C10H12N6O. The summed E-state index contributed by atoms with van der Waals surface area (Å²) in [5.41, 5.74) is 3.67. The molecule has 7 heteroatoms. The Hall–Kier alpha value is -2.41. The minimum atomic E-state index is -0.243. The van der Waals surface area contributed by atoms with E-state index in [-0.39, 0.29) is 5.91 Å². The van der Waals surface area contributed by atoms with Gasteiger partial charge in [0.25, 0.3) is 5.91 Å². The van der Waals surface area contributed by atoms with Crippen LogP contribution in [0.4, 0.5) is 5.82 Å². The Kier molecular flexibility index (Phi) is 3.31. The average molecular weight is 232 g/mol. The molecule has 0 unspecified atom stereocenters. The predicted octanol–water partition coefficient (Wildman–Crippen LogP) is 0.0203. The lowest BCUT2D eigenvalue weighted by Gasteiger charge is -2.07. The van der Waals surface area contributed by atoms with Crippen molar-refractivity contribution in [3.05, 3.63) is 41.9 Å². The number of anilines is 1. The number of nitrogens with one attached hydrogen (secondary N) is 3. The molecule has 0 atom stereocenters. The van der Waals surface area contributed by atoms with Crippen LogP contribution in [0.25, 0.3) is 0 Å². The van der Waals surface area contributed by atoms with Crippen molar-refractivity contribution in [3.63, 3.8) is 0 Å². The van der Waals surface area contributed by atoms with Gasteiger partial charge in [-0.05, 0) is 12.1 Å². The van der Waals surface area contributed by atoms with E-state index in [9.17, 15) is 4.79 Å². The Bertz CT molecular complexity index is 495. The molecule has 0 aliphatic rings. The second-order valence-electron chi connectivity index (χ2n) is 3.33. The Labute approximate surface area is 97.4 Å². The first-order valence-electron chi connectivity index (χ1n) is 4.98. The Morgan fingerprint density at radius 3 is 3.12 bits per heavy atom. The molecule has 0 saturated heterocycles. The highest BCUT2D eigenvalue weighted by Gasteiger charge is 2.10. The highest BCUT2D eigenvalue weighted by Crippen LogP contribution is 2.09. The van der Waals surface area contributed by atoms with Crippen LogP contribution < -0.4 is 16.6 Å². The van der Waals surface area contributed by atoms with Crippen LogP contribution in [0.1, 0.15) is 15.9 Å². The van der Waals surface area contributed by atoms with E-state index >= 15 is 0 Å². The van der Waals surface area contributed by atoms with Crippen molar-refractivity contribution >= 4 is 11.7 Å². The van der Waals surface area contributed by atoms with Crippen LogP contribution >= 0.6 is 0 Å². The third-order valence-electron chi connectivity index (χ3n) is 2.20. The molecule has 2 heterocycles. The van der Waals surface area contributed by atoms with E-state index < -0.39 is 0 Å². The van der Waals surface area contributed by atoms with Gasteiger partial charge >= 0.3 is 0 Å². The summed E-state index contributed by atoms with van der Waals surface area (Å²) in [6, 6.07) is 3.32. The van der Waals surface area contributed by atoms with Crippen LogP contribution in [-0.4, -0.2) is 21.1 Å². The van der Waals surface area contributed by atoms with Gasteiger partial charge in [0.2, 0.25) is 0 Å². The number of amides is 1. The van der Waals surface area contributed by atoms with Gasteiger partial charge in [-0.1, -0.05) is 0 Å². The van der Waals surface area contributed by atoms with Crippen LogP contribution in [0.3, 0.4) is 0 Å². The molecule has 1 amide bonds. The van der Waals surface area contributed by atoms with Crippen molar-refractivity contribution in [1.82, 2.24) is 20.5 Å². The number of hydrazine groups is 1. The molecule has 5 N–H and O–H groups in total. The Balaban J connectivity index is 2.04. The molecule has 0 aromatic carbocycles.